The topological polar surface area (TPSA) is 102 Å². The lowest BCUT2D eigenvalue weighted by atomic mass is 10.1. The second-order valence-corrected chi connectivity index (χ2v) is 8.86. The number of carbonyl (C=O) groups is 2. The number of carbonyl (C=O) groups excluding carboxylic acids is 2. The molecule has 0 aliphatic heterocycles. The van der Waals surface area contributed by atoms with Crippen LogP contribution in [0.4, 0.5) is 5.82 Å². The Morgan fingerprint density at radius 2 is 1.70 bits per heavy atom. The molecule has 0 saturated heterocycles. The standard InChI is InChI=1S/C29H26N6O2/c1-19-10-12-22(13-11-19)28(36)33-25-15-14-24-26(29(37)31-20(2)23-9-6-16-30-17-23)34-35(27(24)32-25)18-21-7-4-3-5-8-21/h3-17,20H,18H2,1-2H3,(H,31,37)(H,32,33,36). The van der Waals surface area contributed by atoms with Crippen molar-refractivity contribution in [3.8, 4) is 0 Å². The van der Waals surface area contributed by atoms with Crippen molar-refractivity contribution in [2.75, 3.05) is 5.32 Å². The molecule has 184 valence electrons. The molecule has 2 aromatic carbocycles. The number of fused-ring (bicyclic) bond motifs is 1. The minimum atomic E-state index is -0.314. The third kappa shape index (κ3) is 5.38. The molecule has 37 heavy (non-hydrogen) atoms. The number of pyridine rings is 2. The van der Waals surface area contributed by atoms with Gasteiger partial charge in [-0.15, -0.1) is 0 Å². The highest BCUT2D eigenvalue weighted by molar-refractivity contribution is 6.06. The van der Waals surface area contributed by atoms with Gasteiger partial charge in [0.1, 0.15) is 5.82 Å². The summed E-state index contributed by atoms with van der Waals surface area (Å²) >= 11 is 0. The minimum Gasteiger partial charge on any atom is -0.344 e. The molecule has 8 heteroatoms. The van der Waals surface area contributed by atoms with Gasteiger partial charge in [-0.25, -0.2) is 9.67 Å². The van der Waals surface area contributed by atoms with Crippen molar-refractivity contribution in [1.82, 2.24) is 25.1 Å². The van der Waals surface area contributed by atoms with Gasteiger partial charge in [0.15, 0.2) is 11.3 Å². The predicted octanol–water partition coefficient (Wildman–Crippen LogP) is 4.93. The fraction of sp³-hybridized carbons (Fsp3) is 0.138. The quantitative estimate of drug-likeness (QED) is 0.337. The van der Waals surface area contributed by atoms with Crippen LogP contribution in [-0.2, 0) is 6.54 Å². The van der Waals surface area contributed by atoms with E-state index < -0.39 is 0 Å². The Bertz CT molecular complexity index is 1550. The molecule has 2 N–H and O–H groups in total. The van der Waals surface area contributed by atoms with Gasteiger partial charge in [0.2, 0.25) is 0 Å². The number of benzene rings is 2. The normalized spacial score (nSPS) is 11.7. The molecule has 0 aliphatic rings. The summed E-state index contributed by atoms with van der Waals surface area (Å²) in [4.78, 5) is 34.8. The van der Waals surface area contributed by atoms with Gasteiger partial charge in [-0.05, 0) is 55.3 Å². The molecule has 1 unspecified atom stereocenters. The average Bonchev–Trinajstić information content (AvgIpc) is 3.27. The molecule has 5 rings (SSSR count). The molecular formula is C29H26N6O2. The van der Waals surface area contributed by atoms with Crippen LogP contribution in [0.5, 0.6) is 0 Å². The Morgan fingerprint density at radius 1 is 0.919 bits per heavy atom. The lowest BCUT2D eigenvalue weighted by Gasteiger charge is -2.12. The summed E-state index contributed by atoms with van der Waals surface area (Å²) in [6.45, 7) is 4.29. The SMILES string of the molecule is Cc1ccc(C(=O)Nc2ccc3c(C(=O)NC(C)c4cccnc4)nn(Cc4ccccc4)c3n2)cc1. The maximum Gasteiger partial charge on any atom is 0.272 e. The zero-order valence-corrected chi connectivity index (χ0v) is 20.6. The summed E-state index contributed by atoms with van der Waals surface area (Å²) in [5, 5.41) is 11.1. The number of aromatic nitrogens is 4. The molecule has 8 nitrogen and oxygen atoms in total. The van der Waals surface area contributed by atoms with Crippen LogP contribution in [0.3, 0.4) is 0 Å². The first-order chi connectivity index (χ1) is 18.0. The first-order valence-corrected chi connectivity index (χ1v) is 12.0. The number of aryl methyl sites for hydroxylation is 1. The van der Waals surface area contributed by atoms with E-state index in [-0.39, 0.29) is 23.6 Å². The van der Waals surface area contributed by atoms with E-state index in [4.69, 9.17) is 0 Å². The molecule has 3 heterocycles. The summed E-state index contributed by atoms with van der Waals surface area (Å²) in [5.41, 5.74) is 4.29. The van der Waals surface area contributed by atoms with E-state index in [2.05, 4.69) is 25.7 Å². The van der Waals surface area contributed by atoms with Crippen LogP contribution in [0.15, 0.2) is 91.3 Å². The van der Waals surface area contributed by atoms with Crippen molar-refractivity contribution in [1.29, 1.82) is 0 Å². The molecule has 5 aromatic rings. The van der Waals surface area contributed by atoms with E-state index in [0.29, 0.717) is 29.0 Å². The van der Waals surface area contributed by atoms with Crippen LogP contribution in [-0.4, -0.2) is 31.6 Å². The van der Waals surface area contributed by atoms with Gasteiger partial charge >= 0.3 is 0 Å². The highest BCUT2D eigenvalue weighted by Gasteiger charge is 2.21. The number of amides is 2. The Balaban J connectivity index is 1.47. The van der Waals surface area contributed by atoms with Gasteiger partial charge in [0.25, 0.3) is 11.8 Å². The first kappa shape index (κ1) is 23.9. The lowest BCUT2D eigenvalue weighted by molar-refractivity contribution is 0.0934. The van der Waals surface area contributed by atoms with Crippen molar-refractivity contribution in [2.45, 2.75) is 26.4 Å². The number of anilines is 1. The van der Waals surface area contributed by atoms with Gasteiger partial charge in [-0.2, -0.15) is 5.10 Å². The number of nitrogens with one attached hydrogen (secondary N) is 2. The smallest absolute Gasteiger partial charge is 0.272 e. The van der Waals surface area contributed by atoms with Crippen molar-refractivity contribution in [3.63, 3.8) is 0 Å². The molecule has 0 fully saturated rings. The molecule has 0 bridgehead atoms. The number of hydrogen-bond donors (Lipinski definition) is 2. The van der Waals surface area contributed by atoms with Crippen LogP contribution in [0, 0.1) is 6.92 Å². The van der Waals surface area contributed by atoms with Gasteiger partial charge < -0.3 is 10.6 Å². The third-order valence-electron chi connectivity index (χ3n) is 6.07. The zero-order chi connectivity index (χ0) is 25.8. The molecule has 0 saturated carbocycles. The average molecular weight is 491 g/mol. The Labute approximate surface area is 214 Å². The largest absolute Gasteiger partial charge is 0.344 e. The number of hydrogen-bond acceptors (Lipinski definition) is 5. The summed E-state index contributed by atoms with van der Waals surface area (Å²) in [6, 6.07) is 24.1. The fourth-order valence-corrected chi connectivity index (χ4v) is 4.03. The Kier molecular flexibility index (Phi) is 6.72. The van der Waals surface area contributed by atoms with E-state index in [1.165, 1.54) is 0 Å². The second-order valence-electron chi connectivity index (χ2n) is 8.86. The monoisotopic (exact) mass is 490 g/mol. The van der Waals surface area contributed by atoms with Gasteiger partial charge in [-0.1, -0.05) is 54.1 Å². The highest BCUT2D eigenvalue weighted by atomic mass is 16.2. The van der Waals surface area contributed by atoms with Crippen LogP contribution in [0.25, 0.3) is 11.0 Å². The minimum absolute atomic E-state index is 0.253. The lowest BCUT2D eigenvalue weighted by Crippen LogP contribution is -2.27. The van der Waals surface area contributed by atoms with Gasteiger partial charge in [0.05, 0.1) is 18.0 Å². The predicted molar refractivity (Wildman–Crippen MR) is 142 cm³/mol. The second kappa shape index (κ2) is 10.4. The van der Waals surface area contributed by atoms with E-state index in [1.54, 1.807) is 41.3 Å². The van der Waals surface area contributed by atoms with Crippen LogP contribution < -0.4 is 10.6 Å². The first-order valence-electron chi connectivity index (χ1n) is 12.0. The van der Waals surface area contributed by atoms with Gasteiger partial charge in [-0.3, -0.25) is 14.6 Å². The molecule has 2 amide bonds. The van der Waals surface area contributed by atoms with Crippen LogP contribution in [0.1, 0.15) is 50.5 Å². The van der Waals surface area contributed by atoms with Crippen LogP contribution >= 0.6 is 0 Å². The van der Waals surface area contributed by atoms with E-state index in [9.17, 15) is 9.59 Å². The maximum absolute atomic E-state index is 13.3. The summed E-state index contributed by atoms with van der Waals surface area (Å²) in [5.74, 6) is -0.196. The van der Waals surface area contributed by atoms with Crippen molar-refractivity contribution in [3.05, 3.63) is 119 Å². The number of rotatable bonds is 7. The van der Waals surface area contributed by atoms with Crippen molar-refractivity contribution >= 4 is 28.7 Å². The molecule has 0 spiro atoms. The summed E-state index contributed by atoms with van der Waals surface area (Å²) in [7, 11) is 0. The summed E-state index contributed by atoms with van der Waals surface area (Å²) in [6.07, 6.45) is 3.42. The molecule has 3 aromatic heterocycles. The van der Waals surface area contributed by atoms with Crippen molar-refractivity contribution in [2.24, 2.45) is 0 Å². The molecule has 1 atom stereocenters. The maximum atomic E-state index is 13.3. The van der Waals surface area contributed by atoms with E-state index >= 15 is 0 Å². The summed E-state index contributed by atoms with van der Waals surface area (Å²) < 4.78 is 1.69. The Hall–Kier alpha value is -4.85. The third-order valence-corrected chi connectivity index (χ3v) is 6.07. The fourth-order valence-electron chi connectivity index (χ4n) is 4.03. The highest BCUT2D eigenvalue weighted by Crippen LogP contribution is 2.22. The van der Waals surface area contributed by atoms with Gasteiger partial charge in [0, 0.05) is 18.0 Å². The molecule has 0 aliphatic carbocycles. The number of nitrogens with zero attached hydrogens (tertiary/aromatic N) is 4. The van der Waals surface area contributed by atoms with E-state index in [0.717, 1.165) is 16.7 Å². The van der Waals surface area contributed by atoms with Crippen LogP contribution in [0.2, 0.25) is 0 Å². The zero-order valence-electron chi connectivity index (χ0n) is 20.6. The molecule has 0 radical (unpaired) electrons. The van der Waals surface area contributed by atoms with Crippen molar-refractivity contribution < 1.29 is 9.59 Å². The van der Waals surface area contributed by atoms with E-state index in [1.807, 2.05) is 68.4 Å². The Morgan fingerprint density at radius 3 is 2.43 bits per heavy atom. The molecular weight excluding hydrogens is 464 g/mol.